The topological polar surface area (TPSA) is 29.4 Å². The molecule has 0 heterocycles. The van der Waals surface area contributed by atoms with E-state index >= 15 is 0 Å². The first kappa shape index (κ1) is 9.17. The summed E-state index contributed by atoms with van der Waals surface area (Å²) in [5, 5.41) is 0. The summed E-state index contributed by atoms with van der Waals surface area (Å²) in [6, 6.07) is 0.240. The van der Waals surface area contributed by atoms with Gasteiger partial charge in [-0.1, -0.05) is 12.2 Å². The number of carbonyl (C=O) groups excluding carboxylic acids is 1. The fourth-order valence-electron chi connectivity index (χ4n) is 1.41. The summed E-state index contributed by atoms with van der Waals surface area (Å²) >= 11 is 0. The maximum Gasteiger partial charge on any atom is 0.136 e. The molecule has 0 aromatic heterocycles. The van der Waals surface area contributed by atoms with Crippen molar-refractivity contribution < 1.29 is 4.79 Å². The highest BCUT2D eigenvalue weighted by molar-refractivity contribution is 5.81. The van der Waals surface area contributed by atoms with Crippen molar-refractivity contribution in [3.63, 3.8) is 0 Å². The van der Waals surface area contributed by atoms with E-state index in [0.29, 0.717) is 0 Å². The Labute approximate surface area is 73.4 Å². The lowest BCUT2D eigenvalue weighted by Crippen LogP contribution is -2.09. The van der Waals surface area contributed by atoms with Gasteiger partial charge in [0.15, 0.2) is 0 Å². The van der Waals surface area contributed by atoms with Crippen LogP contribution in [0.3, 0.4) is 0 Å². The number of aliphatic imine (C=N–C) groups is 1. The van der Waals surface area contributed by atoms with Crippen molar-refractivity contribution in [2.75, 3.05) is 0 Å². The zero-order valence-corrected chi connectivity index (χ0v) is 7.87. The standard InChI is InChI=1S/C10H15NO/c1-7(2)11-10-5-4-9(6-10)8(3)12/h4-5,9-10H,6H2,1-3H3/t9-,10+/m0/s1. The van der Waals surface area contributed by atoms with E-state index in [0.717, 1.165) is 12.1 Å². The summed E-state index contributed by atoms with van der Waals surface area (Å²) in [6.45, 7) is 5.60. The van der Waals surface area contributed by atoms with E-state index in [1.807, 2.05) is 26.0 Å². The fourth-order valence-corrected chi connectivity index (χ4v) is 1.41. The highest BCUT2D eigenvalue weighted by Gasteiger charge is 2.20. The molecule has 0 spiro atoms. The fraction of sp³-hybridized carbons (Fsp3) is 0.600. The Hall–Kier alpha value is -0.920. The number of Topliss-reactive ketones (excluding diaryl/α,β-unsaturated/α-hetero) is 1. The first-order chi connectivity index (χ1) is 5.59. The summed E-state index contributed by atoms with van der Waals surface area (Å²) in [5.41, 5.74) is 1.08. The van der Waals surface area contributed by atoms with Crippen LogP contribution >= 0.6 is 0 Å². The molecule has 2 atom stereocenters. The molecule has 0 aromatic carbocycles. The lowest BCUT2D eigenvalue weighted by Gasteiger charge is -2.05. The molecule has 0 bridgehead atoms. The highest BCUT2D eigenvalue weighted by atomic mass is 16.1. The molecule has 0 N–H and O–H groups in total. The van der Waals surface area contributed by atoms with Crippen LogP contribution in [-0.2, 0) is 4.79 Å². The molecule has 0 aromatic rings. The van der Waals surface area contributed by atoms with Crippen molar-refractivity contribution in [2.24, 2.45) is 10.9 Å². The molecular formula is C10H15NO. The molecule has 0 aliphatic heterocycles. The van der Waals surface area contributed by atoms with Gasteiger partial charge < -0.3 is 0 Å². The second kappa shape index (κ2) is 3.65. The predicted octanol–water partition coefficient (Wildman–Crippen LogP) is 2.00. The van der Waals surface area contributed by atoms with Gasteiger partial charge in [-0.05, 0) is 27.2 Å². The zero-order chi connectivity index (χ0) is 9.14. The molecule has 0 saturated heterocycles. The van der Waals surface area contributed by atoms with Crippen molar-refractivity contribution in [1.29, 1.82) is 0 Å². The number of carbonyl (C=O) groups is 1. The average Bonchev–Trinajstić information content (AvgIpc) is 2.34. The smallest absolute Gasteiger partial charge is 0.136 e. The molecule has 1 rings (SSSR count). The number of hydrogen-bond acceptors (Lipinski definition) is 2. The maximum atomic E-state index is 11.0. The zero-order valence-electron chi connectivity index (χ0n) is 7.87. The monoisotopic (exact) mass is 165 g/mol. The maximum absolute atomic E-state index is 11.0. The van der Waals surface area contributed by atoms with Gasteiger partial charge in [-0.3, -0.25) is 9.79 Å². The number of hydrogen-bond donors (Lipinski definition) is 0. The Bertz CT molecular complexity index is 236. The van der Waals surface area contributed by atoms with Crippen molar-refractivity contribution in [1.82, 2.24) is 0 Å². The van der Waals surface area contributed by atoms with E-state index in [1.54, 1.807) is 6.92 Å². The minimum atomic E-state index is 0.109. The van der Waals surface area contributed by atoms with Crippen LogP contribution in [0.25, 0.3) is 0 Å². The predicted molar refractivity (Wildman–Crippen MR) is 50.5 cm³/mol. The Kier molecular flexibility index (Phi) is 2.79. The minimum Gasteiger partial charge on any atom is -0.299 e. The summed E-state index contributed by atoms with van der Waals surface area (Å²) < 4.78 is 0. The number of nitrogens with zero attached hydrogens (tertiary/aromatic N) is 1. The van der Waals surface area contributed by atoms with E-state index in [4.69, 9.17) is 0 Å². The quantitative estimate of drug-likeness (QED) is 0.454. The second-order valence-corrected chi connectivity index (χ2v) is 3.48. The third-order valence-electron chi connectivity index (χ3n) is 2.01. The van der Waals surface area contributed by atoms with Crippen molar-refractivity contribution in [2.45, 2.75) is 33.2 Å². The minimum absolute atomic E-state index is 0.109. The van der Waals surface area contributed by atoms with Gasteiger partial charge in [-0.25, -0.2) is 0 Å². The van der Waals surface area contributed by atoms with Gasteiger partial charge in [0.1, 0.15) is 5.78 Å². The number of allylic oxidation sites excluding steroid dienone is 1. The first-order valence-corrected chi connectivity index (χ1v) is 4.29. The summed E-state index contributed by atoms with van der Waals surface area (Å²) in [4.78, 5) is 15.4. The average molecular weight is 165 g/mol. The molecule has 1 aliphatic rings. The lowest BCUT2D eigenvalue weighted by atomic mass is 10.0. The van der Waals surface area contributed by atoms with Gasteiger partial charge in [0, 0.05) is 11.6 Å². The SMILES string of the molecule is CC(=O)[C@H]1C=C[C@@H](N=C(C)C)C1. The van der Waals surface area contributed by atoms with Gasteiger partial charge >= 0.3 is 0 Å². The van der Waals surface area contributed by atoms with Crippen molar-refractivity contribution in [3.05, 3.63) is 12.2 Å². The molecule has 1 aliphatic carbocycles. The second-order valence-electron chi connectivity index (χ2n) is 3.48. The first-order valence-electron chi connectivity index (χ1n) is 4.29. The molecule has 2 heteroatoms. The number of rotatable bonds is 2. The van der Waals surface area contributed by atoms with Crippen LogP contribution in [0, 0.1) is 5.92 Å². The Morgan fingerprint density at radius 3 is 2.42 bits per heavy atom. The molecule has 0 radical (unpaired) electrons. The summed E-state index contributed by atoms with van der Waals surface area (Å²) in [5.74, 6) is 0.357. The summed E-state index contributed by atoms with van der Waals surface area (Å²) in [6.07, 6.45) is 4.86. The Balaban J connectivity index is 2.54. The van der Waals surface area contributed by atoms with E-state index < -0.39 is 0 Å². The normalized spacial score (nSPS) is 27.2. The largest absolute Gasteiger partial charge is 0.299 e. The van der Waals surface area contributed by atoms with Crippen LogP contribution in [0.1, 0.15) is 27.2 Å². The Morgan fingerprint density at radius 1 is 1.33 bits per heavy atom. The highest BCUT2D eigenvalue weighted by Crippen LogP contribution is 2.21. The van der Waals surface area contributed by atoms with Crippen LogP contribution in [0.2, 0.25) is 0 Å². The van der Waals surface area contributed by atoms with Crippen LogP contribution in [-0.4, -0.2) is 17.5 Å². The van der Waals surface area contributed by atoms with Gasteiger partial charge in [0.25, 0.3) is 0 Å². The molecule has 12 heavy (non-hydrogen) atoms. The van der Waals surface area contributed by atoms with Gasteiger partial charge in [0.05, 0.1) is 6.04 Å². The molecule has 2 nitrogen and oxygen atoms in total. The van der Waals surface area contributed by atoms with E-state index in [1.165, 1.54) is 0 Å². The van der Waals surface area contributed by atoms with Crippen LogP contribution < -0.4 is 0 Å². The molecular weight excluding hydrogens is 150 g/mol. The summed E-state index contributed by atoms with van der Waals surface area (Å²) in [7, 11) is 0. The molecule has 0 amide bonds. The van der Waals surface area contributed by atoms with Crippen molar-refractivity contribution in [3.8, 4) is 0 Å². The molecule has 0 saturated carbocycles. The van der Waals surface area contributed by atoms with Gasteiger partial charge in [0.2, 0.25) is 0 Å². The van der Waals surface area contributed by atoms with Crippen LogP contribution in [0.15, 0.2) is 17.1 Å². The third-order valence-corrected chi connectivity index (χ3v) is 2.01. The Morgan fingerprint density at radius 2 is 2.00 bits per heavy atom. The van der Waals surface area contributed by atoms with Crippen LogP contribution in [0.4, 0.5) is 0 Å². The number of ketones is 1. The molecule has 66 valence electrons. The van der Waals surface area contributed by atoms with E-state index in [2.05, 4.69) is 4.99 Å². The van der Waals surface area contributed by atoms with E-state index in [-0.39, 0.29) is 17.7 Å². The molecule has 0 unspecified atom stereocenters. The van der Waals surface area contributed by atoms with Crippen molar-refractivity contribution >= 4 is 11.5 Å². The lowest BCUT2D eigenvalue weighted by molar-refractivity contribution is -0.119. The molecule has 0 fully saturated rings. The van der Waals surface area contributed by atoms with Gasteiger partial charge in [-0.2, -0.15) is 0 Å². The third kappa shape index (κ3) is 2.29. The van der Waals surface area contributed by atoms with Gasteiger partial charge in [-0.15, -0.1) is 0 Å². The van der Waals surface area contributed by atoms with E-state index in [9.17, 15) is 4.79 Å². The van der Waals surface area contributed by atoms with Crippen LogP contribution in [0.5, 0.6) is 0 Å².